The summed E-state index contributed by atoms with van der Waals surface area (Å²) in [5, 5.41) is 0. The van der Waals surface area contributed by atoms with E-state index in [1.54, 1.807) is 14.2 Å². The molecular weight excluding hydrogens is 848 g/mol. The van der Waals surface area contributed by atoms with E-state index in [0.29, 0.717) is 11.5 Å². The second-order valence-electron chi connectivity index (χ2n) is 15.2. The highest BCUT2D eigenvalue weighted by atomic mass is 31.1. The summed E-state index contributed by atoms with van der Waals surface area (Å²) in [5.74, 6) is 1.42. The molecule has 0 aliphatic heterocycles. The molecule has 340 valence electrons. The molecule has 65 heavy (non-hydrogen) atoms. The van der Waals surface area contributed by atoms with Gasteiger partial charge in [0.2, 0.25) is 0 Å². The third-order valence-corrected chi connectivity index (χ3v) is 11.5. The summed E-state index contributed by atoms with van der Waals surface area (Å²) in [6.07, 6.45) is -5.82. The van der Waals surface area contributed by atoms with Gasteiger partial charge in [-0.1, -0.05) is 146 Å². The highest BCUT2D eigenvalue weighted by molar-refractivity contribution is 7.33. The van der Waals surface area contributed by atoms with E-state index in [4.69, 9.17) is 51.7 Å². The summed E-state index contributed by atoms with van der Waals surface area (Å²) >= 11 is 0. The number of rotatable bonds is 26. The minimum absolute atomic E-state index is 0.0408. The minimum Gasteiger partial charge on any atom is -0.497 e. The summed E-state index contributed by atoms with van der Waals surface area (Å²) in [7, 11) is 0.473. The van der Waals surface area contributed by atoms with E-state index < -0.39 is 44.9 Å². The largest absolute Gasteiger partial charge is 0.698 e. The van der Waals surface area contributed by atoms with Crippen LogP contribution in [0.1, 0.15) is 33.4 Å². The molecule has 0 heterocycles. The Morgan fingerprint density at radius 2 is 0.662 bits per heavy atom. The lowest BCUT2D eigenvalue weighted by atomic mass is 9.84. The van der Waals surface area contributed by atoms with Crippen molar-refractivity contribution in [1.29, 1.82) is 0 Å². The van der Waals surface area contributed by atoms with Crippen LogP contribution in [0.15, 0.2) is 170 Å². The van der Waals surface area contributed by atoms with Gasteiger partial charge in [0.05, 0.1) is 47.3 Å². The van der Waals surface area contributed by atoms with E-state index in [1.807, 2.05) is 170 Å². The second kappa shape index (κ2) is 26.0. The molecule has 0 aromatic heterocycles. The lowest BCUT2D eigenvalue weighted by molar-refractivity contribution is -0.295. The summed E-state index contributed by atoms with van der Waals surface area (Å²) in [6, 6.07) is 54.0. The normalized spacial score (nSPS) is 19.7. The van der Waals surface area contributed by atoms with Crippen LogP contribution in [0.3, 0.4) is 0 Å². The predicted molar refractivity (Wildman–Crippen MR) is 244 cm³/mol. The average Bonchev–Trinajstić information content (AvgIpc) is 3.36. The van der Waals surface area contributed by atoms with Gasteiger partial charge in [0.25, 0.3) is 0 Å². The number of methoxy groups -OCH3 is 2. The van der Waals surface area contributed by atoms with Crippen LogP contribution in [0.25, 0.3) is 0 Å². The van der Waals surface area contributed by atoms with Crippen molar-refractivity contribution in [3.05, 3.63) is 203 Å². The van der Waals surface area contributed by atoms with Gasteiger partial charge >= 0.3 is 8.25 Å². The van der Waals surface area contributed by atoms with Crippen molar-refractivity contribution in [1.82, 2.24) is 0 Å². The van der Waals surface area contributed by atoms with E-state index >= 15 is 0 Å². The molecule has 1 saturated carbocycles. The molecule has 7 rings (SSSR count). The fraction of sp³-hybridized carbons (Fsp3) is 0.308. The Hall–Kier alpha value is -5.34. The minimum atomic E-state index is -2.77. The van der Waals surface area contributed by atoms with Crippen molar-refractivity contribution in [2.75, 3.05) is 27.8 Å². The fourth-order valence-corrected chi connectivity index (χ4v) is 8.09. The third-order valence-electron chi connectivity index (χ3n) is 10.7. The van der Waals surface area contributed by atoms with Gasteiger partial charge in [0.15, 0.2) is 6.10 Å². The Labute approximate surface area is 382 Å². The van der Waals surface area contributed by atoms with Gasteiger partial charge in [0.1, 0.15) is 62.2 Å². The zero-order valence-corrected chi connectivity index (χ0v) is 37.5. The first-order valence-electron chi connectivity index (χ1n) is 21.5. The molecule has 0 radical (unpaired) electrons. The zero-order valence-electron chi connectivity index (χ0n) is 36.6. The summed E-state index contributed by atoms with van der Waals surface area (Å²) in [4.78, 5) is 0. The Morgan fingerprint density at radius 1 is 0.354 bits per heavy atom. The van der Waals surface area contributed by atoms with Crippen molar-refractivity contribution >= 4 is 8.25 Å². The van der Waals surface area contributed by atoms with Crippen LogP contribution in [-0.4, -0.2) is 64.4 Å². The molecule has 13 heteroatoms. The van der Waals surface area contributed by atoms with Gasteiger partial charge < -0.3 is 42.6 Å². The highest BCUT2D eigenvalue weighted by Gasteiger charge is 2.58. The standard InChI is InChI=1S/C52H56O12P/c1-54-45-27-23-43(24-28-45)34-59-47-48(58-33-41-19-11-5-12-20-41)50(61-37-56-31-39-15-7-3-8-16-39)52(64-65(53)63-36-42-21-13-6-14-22-42)51(62-38-57-32-40-17-9-4-10-18-40)49(47)60-35-44-25-29-46(55-2)30-26-44/h3-30,47-52H,31-38H2,1-2H3/q+1/t47-,48-,49+,50-,51-,52-/m1/s1. The van der Waals surface area contributed by atoms with Crippen LogP contribution >= 0.6 is 8.25 Å². The topological polar surface area (TPSA) is 119 Å². The van der Waals surface area contributed by atoms with Crippen LogP contribution in [0.4, 0.5) is 0 Å². The van der Waals surface area contributed by atoms with Crippen molar-refractivity contribution < 1.29 is 56.2 Å². The number of hydrogen-bond donors (Lipinski definition) is 0. The number of benzene rings is 6. The van der Waals surface area contributed by atoms with Crippen molar-refractivity contribution in [2.24, 2.45) is 0 Å². The summed E-state index contributed by atoms with van der Waals surface area (Å²) in [6.45, 7) is 0.726. The first-order valence-corrected chi connectivity index (χ1v) is 22.6. The lowest BCUT2D eigenvalue weighted by Crippen LogP contribution is -2.67. The molecule has 0 bridgehead atoms. The number of hydrogen-bond acceptors (Lipinski definition) is 12. The molecule has 0 saturated heterocycles. The predicted octanol–water partition coefficient (Wildman–Crippen LogP) is 10.2. The van der Waals surface area contributed by atoms with E-state index in [9.17, 15) is 4.57 Å². The maximum atomic E-state index is 14.1. The fourth-order valence-electron chi connectivity index (χ4n) is 7.34. The molecule has 6 aromatic carbocycles. The SMILES string of the molecule is COc1ccc(CO[C@@H]2[C@@H](OCc3ccccc3)[C@@H](OCOCc3ccccc3)[C@@H](O[P+](=O)OCc3ccccc3)[C@H](OCOCc3ccccc3)[C@H]2OCc2ccc(OC)cc2)cc1. The van der Waals surface area contributed by atoms with Gasteiger partial charge in [-0.2, -0.15) is 0 Å². The Morgan fingerprint density at radius 3 is 1.02 bits per heavy atom. The molecule has 1 fully saturated rings. The van der Waals surface area contributed by atoms with Gasteiger partial charge in [0, 0.05) is 4.57 Å². The average molecular weight is 904 g/mol. The van der Waals surface area contributed by atoms with Crippen LogP contribution in [0, 0.1) is 0 Å². The Bertz CT molecular complexity index is 2240. The smallest absolute Gasteiger partial charge is 0.497 e. The van der Waals surface area contributed by atoms with Crippen molar-refractivity contribution in [2.45, 2.75) is 76.3 Å². The molecule has 6 aromatic rings. The third kappa shape index (κ3) is 14.8. The Balaban J connectivity index is 1.26. The highest BCUT2D eigenvalue weighted by Crippen LogP contribution is 2.40. The molecule has 0 spiro atoms. The van der Waals surface area contributed by atoms with Crippen LogP contribution in [0.2, 0.25) is 0 Å². The molecule has 1 aliphatic carbocycles. The number of ether oxygens (including phenoxy) is 9. The van der Waals surface area contributed by atoms with Crippen LogP contribution < -0.4 is 9.47 Å². The monoisotopic (exact) mass is 903 g/mol. The quantitative estimate of drug-likeness (QED) is 0.0293. The van der Waals surface area contributed by atoms with E-state index in [-0.39, 0.29) is 53.2 Å². The van der Waals surface area contributed by atoms with Crippen LogP contribution in [0.5, 0.6) is 11.5 Å². The van der Waals surface area contributed by atoms with Crippen LogP contribution in [-0.2, 0) is 86.4 Å². The van der Waals surface area contributed by atoms with Crippen molar-refractivity contribution in [3.63, 3.8) is 0 Å². The molecule has 7 atom stereocenters. The molecule has 1 unspecified atom stereocenters. The molecule has 1 aliphatic rings. The van der Waals surface area contributed by atoms with Gasteiger partial charge in [-0.25, -0.2) is 0 Å². The Kier molecular flexibility index (Phi) is 19.0. The van der Waals surface area contributed by atoms with Gasteiger partial charge in [-0.05, 0) is 57.6 Å². The first kappa shape index (κ1) is 47.6. The summed E-state index contributed by atoms with van der Waals surface area (Å²) < 4.78 is 83.7. The van der Waals surface area contributed by atoms with E-state index in [2.05, 4.69) is 0 Å². The molecule has 0 N–H and O–H groups in total. The van der Waals surface area contributed by atoms with E-state index in [0.717, 1.165) is 33.4 Å². The van der Waals surface area contributed by atoms with Gasteiger partial charge in [-0.3, -0.25) is 0 Å². The molecule has 0 amide bonds. The van der Waals surface area contributed by atoms with Gasteiger partial charge in [-0.15, -0.1) is 9.05 Å². The first-order chi connectivity index (χ1) is 32.1. The second-order valence-corrected chi connectivity index (χ2v) is 16.1. The lowest BCUT2D eigenvalue weighted by Gasteiger charge is -2.47. The molecule has 12 nitrogen and oxygen atoms in total. The maximum absolute atomic E-state index is 14.1. The zero-order chi connectivity index (χ0) is 44.9. The molecular formula is C52H56O12P+. The van der Waals surface area contributed by atoms with E-state index in [1.165, 1.54) is 0 Å². The van der Waals surface area contributed by atoms with Crippen molar-refractivity contribution in [3.8, 4) is 11.5 Å². The summed E-state index contributed by atoms with van der Waals surface area (Å²) in [5.41, 5.74) is 5.41. The maximum Gasteiger partial charge on any atom is 0.698 e.